The number of nitrogens with zero attached hydrogens (tertiary/aromatic N) is 1. The molecule has 0 amide bonds. The maximum absolute atomic E-state index is 7.14. The third-order valence-corrected chi connectivity index (χ3v) is 13.3. The van der Waals surface area contributed by atoms with E-state index in [2.05, 4.69) is 229 Å². The van der Waals surface area contributed by atoms with Crippen molar-refractivity contribution in [2.75, 3.05) is 4.90 Å². The van der Waals surface area contributed by atoms with Crippen molar-refractivity contribution in [3.63, 3.8) is 0 Å². The van der Waals surface area contributed by atoms with Gasteiger partial charge in [0.15, 0.2) is 0 Å². The standard InChI is InChI=1S/C59H37NO/c1-3-18-38(19-4-1)42-23-9-10-25-44(42)49-36-39-20-7-8-24-43(39)56-57-54(32-17-33-55(57)61-58(49)56)60(40-21-5-2-6-22-40)41-34-35-48-47-28-13-16-31-52(47)59(53(48)37-41)50-29-14-11-26-45(50)46-27-12-15-30-51(46)59/h1-37H. The molecular formula is C59H37NO. The summed E-state index contributed by atoms with van der Waals surface area (Å²) >= 11 is 0. The lowest BCUT2D eigenvalue weighted by atomic mass is 9.70. The summed E-state index contributed by atoms with van der Waals surface area (Å²) in [6.07, 6.45) is 0. The van der Waals surface area contributed by atoms with Gasteiger partial charge in [-0.3, -0.25) is 0 Å². The number of furan rings is 1. The van der Waals surface area contributed by atoms with Gasteiger partial charge in [0.1, 0.15) is 11.2 Å². The van der Waals surface area contributed by atoms with Gasteiger partial charge in [0, 0.05) is 22.3 Å². The van der Waals surface area contributed by atoms with E-state index in [1.54, 1.807) is 0 Å². The fourth-order valence-corrected chi connectivity index (χ4v) is 10.8. The van der Waals surface area contributed by atoms with Gasteiger partial charge in [0.05, 0.1) is 16.5 Å². The molecular weight excluding hydrogens is 739 g/mol. The molecule has 1 spiro atoms. The van der Waals surface area contributed by atoms with Crippen LogP contribution in [0.3, 0.4) is 0 Å². The van der Waals surface area contributed by atoms with Gasteiger partial charge in [0.25, 0.3) is 0 Å². The van der Waals surface area contributed by atoms with Crippen molar-refractivity contribution in [3.05, 3.63) is 247 Å². The maximum Gasteiger partial charge on any atom is 0.143 e. The van der Waals surface area contributed by atoms with Crippen LogP contribution in [0.15, 0.2) is 229 Å². The molecule has 0 aliphatic heterocycles. The van der Waals surface area contributed by atoms with Gasteiger partial charge in [-0.15, -0.1) is 0 Å². The van der Waals surface area contributed by atoms with Gasteiger partial charge in [-0.2, -0.15) is 0 Å². The van der Waals surface area contributed by atoms with Gasteiger partial charge >= 0.3 is 0 Å². The lowest BCUT2D eigenvalue weighted by molar-refractivity contribution is 0.670. The SMILES string of the molecule is c1ccc(-c2ccccc2-c2cc3ccccc3c3c2oc2cccc(N(c4ccccc4)c4ccc5c(c4)C4(c6ccccc6-c6ccccc64)c4ccccc4-5)c23)cc1. The second-order valence-corrected chi connectivity index (χ2v) is 16.3. The number of rotatable bonds is 5. The Morgan fingerprint density at radius 2 is 0.902 bits per heavy atom. The smallest absolute Gasteiger partial charge is 0.143 e. The first-order valence-corrected chi connectivity index (χ1v) is 21.1. The van der Waals surface area contributed by atoms with Crippen LogP contribution in [0.2, 0.25) is 0 Å². The molecule has 2 aliphatic carbocycles. The molecule has 2 aliphatic rings. The van der Waals surface area contributed by atoms with Crippen LogP contribution in [0.1, 0.15) is 22.3 Å². The normalized spacial score (nSPS) is 13.0. The third-order valence-electron chi connectivity index (χ3n) is 13.3. The molecule has 0 fully saturated rings. The largest absolute Gasteiger partial charge is 0.455 e. The molecule has 13 rings (SSSR count). The lowest BCUT2D eigenvalue weighted by Gasteiger charge is -2.32. The lowest BCUT2D eigenvalue weighted by Crippen LogP contribution is -2.26. The zero-order chi connectivity index (χ0) is 40.1. The quantitative estimate of drug-likeness (QED) is 0.173. The fraction of sp³-hybridized carbons (Fsp3) is 0.0169. The molecule has 11 aromatic rings. The van der Waals surface area contributed by atoms with Crippen LogP contribution in [0.4, 0.5) is 17.1 Å². The van der Waals surface area contributed by atoms with E-state index in [0.717, 1.165) is 50.1 Å². The fourth-order valence-electron chi connectivity index (χ4n) is 10.8. The molecule has 0 N–H and O–H groups in total. The summed E-state index contributed by atoms with van der Waals surface area (Å²) in [5.41, 5.74) is 19.6. The Labute approximate surface area is 354 Å². The molecule has 0 unspecified atom stereocenters. The minimum absolute atomic E-state index is 0.455. The van der Waals surface area contributed by atoms with Gasteiger partial charge in [0.2, 0.25) is 0 Å². The number of benzene rings is 10. The topological polar surface area (TPSA) is 16.4 Å². The van der Waals surface area contributed by atoms with Crippen LogP contribution < -0.4 is 4.90 Å². The van der Waals surface area contributed by atoms with Crippen molar-refractivity contribution in [2.24, 2.45) is 0 Å². The summed E-state index contributed by atoms with van der Waals surface area (Å²) in [6, 6.07) is 82.0. The Kier molecular flexibility index (Phi) is 7.26. The van der Waals surface area contributed by atoms with Crippen molar-refractivity contribution in [1.82, 2.24) is 0 Å². The Morgan fingerprint density at radius 1 is 0.344 bits per heavy atom. The average molecular weight is 776 g/mol. The first-order valence-electron chi connectivity index (χ1n) is 21.1. The minimum atomic E-state index is -0.455. The molecule has 0 radical (unpaired) electrons. The predicted molar refractivity (Wildman–Crippen MR) is 253 cm³/mol. The van der Waals surface area contributed by atoms with E-state index >= 15 is 0 Å². The van der Waals surface area contributed by atoms with E-state index in [1.807, 2.05) is 0 Å². The minimum Gasteiger partial charge on any atom is -0.455 e. The summed E-state index contributed by atoms with van der Waals surface area (Å²) in [7, 11) is 0. The van der Waals surface area contributed by atoms with E-state index in [4.69, 9.17) is 4.42 Å². The summed E-state index contributed by atoms with van der Waals surface area (Å²) in [6.45, 7) is 0. The first-order chi connectivity index (χ1) is 30.3. The Morgan fingerprint density at radius 3 is 1.59 bits per heavy atom. The summed E-state index contributed by atoms with van der Waals surface area (Å²) in [5, 5.41) is 4.55. The van der Waals surface area contributed by atoms with Crippen LogP contribution >= 0.6 is 0 Å². The van der Waals surface area contributed by atoms with Gasteiger partial charge in [-0.05, 0) is 114 Å². The second kappa shape index (κ2) is 13.0. The number of fused-ring (bicyclic) bond motifs is 15. The third kappa shape index (κ3) is 4.73. The number of anilines is 3. The highest BCUT2D eigenvalue weighted by Gasteiger charge is 2.51. The predicted octanol–water partition coefficient (Wildman–Crippen LogP) is 15.9. The molecule has 1 aromatic heterocycles. The first kappa shape index (κ1) is 34.0. The number of para-hydroxylation sites is 1. The van der Waals surface area contributed by atoms with Crippen LogP contribution in [0, 0.1) is 0 Å². The summed E-state index contributed by atoms with van der Waals surface area (Å²) < 4.78 is 7.14. The van der Waals surface area contributed by atoms with Crippen molar-refractivity contribution >= 4 is 49.8 Å². The van der Waals surface area contributed by atoms with Crippen molar-refractivity contribution < 1.29 is 4.42 Å². The van der Waals surface area contributed by atoms with E-state index in [9.17, 15) is 0 Å². The van der Waals surface area contributed by atoms with E-state index in [0.29, 0.717) is 0 Å². The number of hydrogen-bond acceptors (Lipinski definition) is 2. The average Bonchev–Trinajstić information content (AvgIpc) is 3.97. The summed E-state index contributed by atoms with van der Waals surface area (Å²) in [5.74, 6) is 0. The van der Waals surface area contributed by atoms with E-state index < -0.39 is 5.41 Å². The monoisotopic (exact) mass is 775 g/mol. The van der Waals surface area contributed by atoms with Crippen molar-refractivity contribution in [3.8, 4) is 44.5 Å². The molecule has 0 atom stereocenters. The van der Waals surface area contributed by atoms with Crippen molar-refractivity contribution in [2.45, 2.75) is 5.41 Å². The number of hydrogen-bond donors (Lipinski definition) is 0. The van der Waals surface area contributed by atoms with Gasteiger partial charge in [-0.25, -0.2) is 0 Å². The van der Waals surface area contributed by atoms with Crippen LogP contribution in [0.5, 0.6) is 0 Å². The second-order valence-electron chi connectivity index (χ2n) is 16.3. The zero-order valence-electron chi connectivity index (χ0n) is 33.2. The molecule has 61 heavy (non-hydrogen) atoms. The Bertz CT molecular complexity index is 3480. The highest BCUT2D eigenvalue weighted by molar-refractivity contribution is 6.26. The molecule has 0 saturated heterocycles. The maximum atomic E-state index is 7.14. The van der Waals surface area contributed by atoms with E-state index in [1.165, 1.54) is 66.4 Å². The zero-order valence-corrected chi connectivity index (χ0v) is 33.2. The molecule has 0 saturated carbocycles. The Balaban J connectivity index is 1.10. The van der Waals surface area contributed by atoms with Gasteiger partial charge in [-0.1, -0.05) is 182 Å². The molecule has 2 heteroatoms. The highest BCUT2D eigenvalue weighted by atomic mass is 16.3. The highest BCUT2D eigenvalue weighted by Crippen LogP contribution is 2.63. The van der Waals surface area contributed by atoms with E-state index in [-0.39, 0.29) is 0 Å². The molecule has 284 valence electrons. The molecule has 2 nitrogen and oxygen atoms in total. The molecule has 10 aromatic carbocycles. The van der Waals surface area contributed by atoms with Gasteiger partial charge < -0.3 is 9.32 Å². The van der Waals surface area contributed by atoms with Crippen molar-refractivity contribution in [1.29, 1.82) is 0 Å². The molecule has 0 bridgehead atoms. The van der Waals surface area contributed by atoms with Crippen LogP contribution in [0.25, 0.3) is 77.2 Å². The molecule has 1 heterocycles. The van der Waals surface area contributed by atoms with Crippen LogP contribution in [-0.2, 0) is 5.41 Å². The van der Waals surface area contributed by atoms with Crippen LogP contribution in [-0.4, -0.2) is 0 Å². The Hall–Kier alpha value is -7.94. The summed E-state index contributed by atoms with van der Waals surface area (Å²) in [4.78, 5) is 2.44.